The van der Waals surface area contributed by atoms with Crippen LogP contribution in [0.25, 0.3) is 0 Å². The zero-order valence-electron chi connectivity index (χ0n) is 11.3. The fourth-order valence-electron chi connectivity index (χ4n) is 2.07. The van der Waals surface area contributed by atoms with Gasteiger partial charge in [-0.15, -0.1) is 0 Å². The zero-order chi connectivity index (χ0) is 12.0. The molecule has 0 N–H and O–H groups in total. The molecule has 1 aliphatic carbocycles. The molecule has 1 rings (SSSR count). The lowest BCUT2D eigenvalue weighted by Gasteiger charge is -2.13. The Morgan fingerprint density at radius 2 is 1.62 bits per heavy atom. The molecule has 0 aromatic carbocycles. The van der Waals surface area contributed by atoms with Gasteiger partial charge in [-0.2, -0.15) is 0 Å². The summed E-state index contributed by atoms with van der Waals surface area (Å²) in [6.07, 6.45) is 13.3. The molecule has 0 aromatic rings. The van der Waals surface area contributed by atoms with Crippen LogP contribution < -0.4 is 0 Å². The van der Waals surface area contributed by atoms with E-state index >= 15 is 0 Å². The third-order valence-electron chi connectivity index (χ3n) is 3.69. The lowest BCUT2D eigenvalue weighted by Crippen LogP contribution is -1.97. The Morgan fingerprint density at radius 1 is 0.938 bits per heavy atom. The summed E-state index contributed by atoms with van der Waals surface area (Å²) in [7, 11) is 0. The van der Waals surface area contributed by atoms with Crippen molar-refractivity contribution in [2.75, 3.05) is 0 Å². The molecule has 16 heavy (non-hydrogen) atoms. The summed E-state index contributed by atoms with van der Waals surface area (Å²) in [6.45, 7) is 9.15. The van der Waals surface area contributed by atoms with E-state index in [9.17, 15) is 0 Å². The van der Waals surface area contributed by atoms with Gasteiger partial charge in [-0.1, -0.05) is 41.9 Å². The van der Waals surface area contributed by atoms with E-state index in [-0.39, 0.29) is 0 Å². The molecule has 0 saturated carbocycles. The van der Waals surface area contributed by atoms with Crippen molar-refractivity contribution < 1.29 is 0 Å². The van der Waals surface area contributed by atoms with Crippen LogP contribution in [0.15, 0.2) is 34.9 Å². The van der Waals surface area contributed by atoms with Gasteiger partial charge in [0.2, 0.25) is 0 Å². The summed E-state index contributed by atoms with van der Waals surface area (Å²) in [6, 6.07) is 0. The quantitative estimate of drug-likeness (QED) is 0.476. The minimum atomic E-state index is 0.733. The smallest absolute Gasteiger partial charge is 0.0164 e. The van der Waals surface area contributed by atoms with Crippen LogP contribution in [0.5, 0.6) is 0 Å². The molecule has 0 bridgehead atoms. The first kappa shape index (κ1) is 13.3. The molecule has 0 heterocycles. The second-order valence-electron chi connectivity index (χ2n) is 5.26. The molecule has 0 aromatic heterocycles. The number of hydrogen-bond acceptors (Lipinski definition) is 0. The Hall–Kier alpha value is -0.780. The monoisotopic (exact) mass is 218 g/mol. The van der Waals surface area contributed by atoms with E-state index in [2.05, 4.69) is 45.9 Å². The van der Waals surface area contributed by atoms with E-state index in [4.69, 9.17) is 0 Å². The van der Waals surface area contributed by atoms with Crippen molar-refractivity contribution in [2.24, 2.45) is 5.92 Å². The Labute approximate surface area is 101 Å². The molecule has 0 aliphatic heterocycles. The molecule has 0 fully saturated rings. The highest BCUT2D eigenvalue weighted by Gasteiger charge is 2.04. The normalized spacial score (nSPS) is 31.2. The first-order valence-electron chi connectivity index (χ1n) is 6.57. The van der Waals surface area contributed by atoms with Crippen LogP contribution in [-0.2, 0) is 0 Å². The average Bonchev–Trinajstić information content (AvgIpc) is 2.24. The summed E-state index contributed by atoms with van der Waals surface area (Å²) in [5.74, 6) is 0.733. The lowest BCUT2D eigenvalue weighted by molar-refractivity contribution is 0.607. The standard InChI is InChI=1S/C16H26/c1-13-7-5-8-14(2)11-12-16(4)15(3)10-6-9-13/h8-10,16H,5-7,11-12H2,1-4H3/b13-9+,14-8+,15-10?. The Kier molecular flexibility index (Phi) is 5.59. The van der Waals surface area contributed by atoms with Gasteiger partial charge in [0, 0.05) is 0 Å². The molecule has 1 unspecified atom stereocenters. The van der Waals surface area contributed by atoms with Crippen LogP contribution in [0, 0.1) is 5.92 Å². The summed E-state index contributed by atoms with van der Waals surface area (Å²) < 4.78 is 0. The van der Waals surface area contributed by atoms with E-state index in [1.54, 1.807) is 11.1 Å². The van der Waals surface area contributed by atoms with E-state index in [1.165, 1.54) is 31.3 Å². The molecule has 90 valence electrons. The van der Waals surface area contributed by atoms with Crippen LogP contribution in [0.1, 0.15) is 59.8 Å². The van der Waals surface area contributed by atoms with Crippen LogP contribution in [0.4, 0.5) is 0 Å². The lowest BCUT2D eigenvalue weighted by atomic mass is 9.93. The molecule has 0 spiro atoms. The number of rotatable bonds is 0. The van der Waals surface area contributed by atoms with Crippen molar-refractivity contribution in [3.8, 4) is 0 Å². The molecule has 1 atom stereocenters. The highest BCUT2D eigenvalue weighted by atomic mass is 14.1. The van der Waals surface area contributed by atoms with Gasteiger partial charge in [0.15, 0.2) is 0 Å². The van der Waals surface area contributed by atoms with Gasteiger partial charge in [0.1, 0.15) is 0 Å². The minimum absolute atomic E-state index is 0.733. The van der Waals surface area contributed by atoms with Crippen molar-refractivity contribution in [1.82, 2.24) is 0 Å². The van der Waals surface area contributed by atoms with Crippen LogP contribution in [0.3, 0.4) is 0 Å². The van der Waals surface area contributed by atoms with Gasteiger partial charge in [0.05, 0.1) is 0 Å². The van der Waals surface area contributed by atoms with Gasteiger partial charge in [-0.25, -0.2) is 0 Å². The van der Waals surface area contributed by atoms with Gasteiger partial charge in [-0.05, 0) is 58.8 Å². The maximum atomic E-state index is 2.42. The fraction of sp³-hybridized carbons (Fsp3) is 0.625. The van der Waals surface area contributed by atoms with Gasteiger partial charge in [0.25, 0.3) is 0 Å². The zero-order valence-corrected chi connectivity index (χ0v) is 11.3. The highest BCUT2D eigenvalue weighted by Crippen LogP contribution is 2.21. The molecule has 0 nitrogen and oxygen atoms in total. The van der Waals surface area contributed by atoms with Crippen molar-refractivity contribution in [1.29, 1.82) is 0 Å². The van der Waals surface area contributed by atoms with E-state index in [0.29, 0.717) is 0 Å². The minimum Gasteiger partial charge on any atom is -0.0853 e. The SMILES string of the molecule is CC1=CC/C=C(\C)CC/C=C(\C)CCC1C. The second kappa shape index (κ2) is 6.73. The van der Waals surface area contributed by atoms with E-state index < -0.39 is 0 Å². The van der Waals surface area contributed by atoms with Crippen molar-refractivity contribution >= 4 is 0 Å². The Bertz CT molecular complexity index is 302. The third kappa shape index (κ3) is 4.83. The van der Waals surface area contributed by atoms with Crippen LogP contribution >= 0.6 is 0 Å². The molecule has 0 radical (unpaired) electrons. The molecule has 0 heteroatoms. The summed E-state index contributed by atoms with van der Waals surface area (Å²) >= 11 is 0. The first-order valence-corrected chi connectivity index (χ1v) is 6.57. The topological polar surface area (TPSA) is 0 Å². The summed E-state index contributed by atoms with van der Waals surface area (Å²) in [4.78, 5) is 0. The molecular weight excluding hydrogens is 192 g/mol. The first-order chi connectivity index (χ1) is 7.59. The maximum absolute atomic E-state index is 2.42. The predicted octanol–water partition coefficient (Wildman–Crippen LogP) is 5.43. The second-order valence-corrected chi connectivity index (χ2v) is 5.26. The summed E-state index contributed by atoms with van der Waals surface area (Å²) in [5.41, 5.74) is 4.65. The van der Waals surface area contributed by atoms with E-state index in [1.807, 2.05) is 0 Å². The molecule has 0 amide bonds. The fourth-order valence-corrected chi connectivity index (χ4v) is 2.07. The molecular formula is C16H26. The van der Waals surface area contributed by atoms with Crippen molar-refractivity contribution in [3.05, 3.63) is 34.9 Å². The largest absolute Gasteiger partial charge is 0.0853 e. The summed E-state index contributed by atoms with van der Waals surface area (Å²) in [5, 5.41) is 0. The van der Waals surface area contributed by atoms with Crippen LogP contribution in [-0.4, -0.2) is 0 Å². The van der Waals surface area contributed by atoms with Gasteiger partial charge in [-0.3, -0.25) is 0 Å². The number of hydrogen-bond donors (Lipinski definition) is 0. The maximum Gasteiger partial charge on any atom is -0.0164 e. The third-order valence-corrected chi connectivity index (χ3v) is 3.69. The highest BCUT2D eigenvalue weighted by molar-refractivity contribution is 5.11. The number of allylic oxidation sites excluding steroid dienone is 6. The van der Waals surface area contributed by atoms with Crippen LogP contribution in [0.2, 0.25) is 0 Å². The molecule has 1 aliphatic rings. The van der Waals surface area contributed by atoms with Crippen molar-refractivity contribution in [3.63, 3.8) is 0 Å². The predicted molar refractivity (Wildman–Crippen MR) is 73.5 cm³/mol. The average molecular weight is 218 g/mol. The Balaban J connectivity index is 2.74. The van der Waals surface area contributed by atoms with Gasteiger partial charge < -0.3 is 0 Å². The Morgan fingerprint density at radius 3 is 2.38 bits per heavy atom. The van der Waals surface area contributed by atoms with Crippen molar-refractivity contribution in [2.45, 2.75) is 59.8 Å². The van der Waals surface area contributed by atoms with Gasteiger partial charge >= 0.3 is 0 Å². The van der Waals surface area contributed by atoms with E-state index in [0.717, 1.165) is 12.3 Å². The molecule has 0 saturated heterocycles.